The molecule has 4 aromatic rings. The van der Waals surface area contributed by atoms with Crippen molar-refractivity contribution in [3.8, 4) is 0 Å². The smallest absolute Gasteiger partial charge is 0.325 e. The highest BCUT2D eigenvalue weighted by atomic mass is 79.9. The second-order valence-corrected chi connectivity index (χ2v) is 6.99. The number of nitrogens with one attached hydrogen (secondary N) is 1. The zero-order valence-electron chi connectivity index (χ0n) is 14.5. The van der Waals surface area contributed by atoms with Crippen molar-refractivity contribution in [2.75, 3.05) is 5.32 Å². The number of hydrogen-bond donors (Lipinski definition) is 1. The zero-order chi connectivity index (χ0) is 19.0. The molecular weight excluding hydrogens is 410 g/mol. The van der Waals surface area contributed by atoms with E-state index in [1.165, 1.54) is 8.97 Å². The second-order valence-electron chi connectivity index (χ2n) is 6.07. The molecule has 0 aliphatic heterocycles. The lowest BCUT2D eigenvalue weighted by atomic mass is 10.2. The third kappa shape index (κ3) is 3.12. The number of benzene rings is 2. The Bertz CT molecular complexity index is 1210. The van der Waals surface area contributed by atoms with Crippen molar-refractivity contribution in [2.24, 2.45) is 0 Å². The molecule has 2 heterocycles. The number of aryl methyl sites for hydroxylation is 1. The molecule has 2 aromatic heterocycles. The summed E-state index contributed by atoms with van der Waals surface area (Å²) in [6.45, 7) is 1.81. The maximum absolute atomic E-state index is 13.1. The highest BCUT2D eigenvalue weighted by Crippen LogP contribution is 2.18. The van der Waals surface area contributed by atoms with Crippen LogP contribution in [-0.2, 0) is 17.8 Å². The minimum atomic E-state index is -0.323. The molecule has 0 aliphatic carbocycles. The monoisotopic (exact) mass is 425 g/mol. The van der Waals surface area contributed by atoms with E-state index >= 15 is 0 Å². The number of carbonyl (C=O) groups is 1. The lowest BCUT2D eigenvalue weighted by Gasteiger charge is -2.12. The molecule has 1 amide bonds. The van der Waals surface area contributed by atoms with Gasteiger partial charge in [0.15, 0.2) is 5.65 Å². The molecule has 2 aromatic carbocycles. The van der Waals surface area contributed by atoms with Gasteiger partial charge in [-0.05, 0) is 36.4 Å². The molecule has 0 fully saturated rings. The van der Waals surface area contributed by atoms with Crippen LogP contribution in [0.15, 0.2) is 57.8 Å². The van der Waals surface area contributed by atoms with Gasteiger partial charge < -0.3 is 5.32 Å². The number of fused-ring (bicyclic) bond motifs is 3. The first-order valence-corrected chi connectivity index (χ1v) is 9.28. The third-order valence-corrected chi connectivity index (χ3v) is 4.86. The van der Waals surface area contributed by atoms with E-state index in [4.69, 9.17) is 0 Å². The van der Waals surface area contributed by atoms with E-state index in [-0.39, 0.29) is 18.1 Å². The summed E-state index contributed by atoms with van der Waals surface area (Å²) in [4.78, 5) is 25.6. The van der Waals surface area contributed by atoms with Gasteiger partial charge in [0.1, 0.15) is 12.4 Å². The van der Waals surface area contributed by atoms with Crippen molar-refractivity contribution < 1.29 is 4.79 Å². The second kappa shape index (κ2) is 6.96. The van der Waals surface area contributed by atoms with Gasteiger partial charge in [0.2, 0.25) is 5.91 Å². The minimum Gasteiger partial charge on any atom is -0.325 e. The standard InChI is InChI=1S/C19H16BrN5O2/c1-2-16-22-23-18-14-5-3-4-6-15(14)24(19(27)25(16)18)11-17(26)21-13-9-7-12(20)8-10-13/h3-10H,2,11H2,1H3,(H,21,26). The van der Waals surface area contributed by atoms with E-state index < -0.39 is 0 Å². The summed E-state index contributed by atoms with van der Waals surface area (Å²) in [5, 5.41) is 11.9. The number of carbonyl (C=O) groups excluding carboxylic acids is 1. The fourth-order valence-corrected chi connectivity index (χ4v) is 3.34. The van der Waals surface area contributed by atoms with Crippen LogP contribution in [0.2, 0.25) is 0 Å². The van der Waals surface area contributed by atoms with Gasteiger partial charge in [-0.2, -0.15) is 0 Å². The number of hydrogen-bond acceptors (Lipinski definition) is 4. The lowest BCUT2D eigenvalue weighted by Crippen LogP contribution is -2.32. The van der Waals surface area contributed by atoms with Crippen LogP contribution in [0, 0.1) is 0 Å². The number of amides is 1. The molecule has 0 spiro atoms. The van der Waals surface area contributed by atoms with Crippen molar-refractivity contribution in [3.05, 3.63) is 69.3 Å². The van der Waals surface area contributed by atoms with Crippen LogP contribution in [0.25, 0.3) is 16.6 Å². The van der Waals surface area contributed by atoms with Crippen molar-refractivity contribution in [2.45, 2.75) is 19.9 Å². The number of para-hydroxylation sites is 1. The quantitative estimate of drug-likeness (QED) is 0.544. The Morgan fingerprint density at radius 1 is 1.11 bits per heavy atom. The van der Waals surface area contributed by atoms with Gasteiger partial charge >= 0.3 is 5.69 Å². The van der Waals surface area contributed by atoms with Gasteiger partial charge in [-0.1, -0.05) is 35.0 Å². The fraction of sp³-hybridized carbons (Fsp3) is 0.158. The van der Waals surface area contributed by atoms with E-state index in [0.29, 0.717) is 29.1 Å². The Kier molecular flexibility index (Phi) is 4.49. The number of nitrogens with zero attached hydrogens (tertiary/aromatic N) is 4. The molecule has 0 bridgehead atoms. The Morgan fingerprint density at radius 3 is 2.59 bits per heavy atom. The molecule has 0 atom stereocenters. The van der Waals surface area contributed by atoms with Crippen LogP contribution in [0.1, 0.15) is 12.7 Å². The zero-order valence-corrected chi connectivity index (χ0v) is 16.1. The fourth-order valence-electron chi connectivity index (χ4n) is 3.07. The van der Waals surface area contributed by atoms with Gasteiger partial charge in [-0.3, -0.25) is 9.36 Å². The molecule has 4 rings (SSSR count). The summed E-state index contributed by atoms with van der Waals surface area (Å²) in [5.41, 5.74) is 1.50. The number of rotatable bonds is 4. The molecule has 7 nitrogen and oxygen atoms in total. The minimum absolute atomic E-state index is 0.104. The molecular formula is C19H16BrN5O2. The molecule has 0 radical (unpaired) electrons. The maximum atomic E-state index is 13.1. The van der Waals surface area contributed by atoms with E-state index in [2.05, 4.69) is 31.4 Å². The van der Waals surface area contributed by atoms with Gasteiger partial charge in [0.05, 0.1) is 5.52 Å². The first-order chi connectivity index (χ1) is 13.1. The molecule has 0 saturated carbocycles. The molecule has 1 N–H and O–H groups in total. The van der Waals surface area contributed by atoms with E-state index in [1.54, 1.807) is 12.1 Å². The molecule has 27 heavy (non-hydrogen) atoms. The Labute approximate surface area is 162 Å². The van der Waals surface area contributed by atoms with Crippen LogP contribution in [0.3, 0.4) is 0 Å². The molecule has 136 valence electrons. The normalized spacial score (nSPS) is 11.2. The lowest BCUT2D eigenvalue weighted by molar-refractivity contribution is -0.116. The van der Waals surface area contributed by atoms with Crippen molar-refractivity contribution >= 4 is 44.1 Å². The predicted octanol–water partition coefficient (Wildman–Crippen LogP) is 3.01. The topological polar surface area (TPSA) is 81.3 Å². The molecule has 0 unspecified atom stereocenters. The largest absolute Gasteiger partial charge is 0.336 e. The highest BCUT2D eigenvalue weighted by molar-refractivity contribution is 9.10. The summed E-state index contributed by atoms with van der Waals surface area (Å²) in [6, 6.07) is 14.7. The Hall–Kier alpha value is -3.00. The van der Waals surface area contributed by atoms with E-state index in [1.807, 2.05) is 43.3 Å². The molecule has 0 saturated heterocycles. The number of aromatic nitrogens is 4. The summed E-state index contributed by atoms with van der Waals surface area (Å²) < 4.78 is 3.86. The highest BCUT2D eigenvalue weighted by Gasteiger charge is 2.17. The average Bonchev–Trinajstić information content (AvgIpc) is 3.11. The summed E-state index contributed by atoms with van der Waals surface area (Å²) >= 11 is 3.36. The van der Waals surface area contributed by atoms with E-state index in [0.717, 1.165) is 9.86 Å². The van der Waals surface area contributed by atoms with Gasteiger partial charge in [0, 0.05) is 22.0 Å². The first-order valence-electron chi connectivity index (χ1n) is 8.49. The van der Waals surface area contributed by atoms with Gasteiger partial charge in [-0.15, -0.1) is 10.2 Å². The Balaban J connectivity index is 1.80. The third-order valence-electron chi connectivity index (χ3n) is 4.33. The van der Waals surface area contributed by atoms with Crippen molar-refractivity contribution in [1.29, 1.82) is 0 Å². The van der Waals surface area contributed by atoms with Crippen molar-refractivity contribution in [3.63, 3.8) is 0 Å². The average molecular weight is 426 g/mol. The van der Waals surface area contributed by atoms with Gasteiger partial charge in [0.25, 0.3) is 0 Å². The Morgan fingerprint density at radius 2 is 1.85 bits per heavy atom. The van der Waals surface area contributed by atoms with Gasteiger partial charge in [-0.25, -0.2) is 9.20 Å². The van der Waals surface area contributed by atoms with Crippen LogP contribution < -0.4 is 11.0 Å². The summed E-state index contributed by atoms with van der Waals surface area (Å²) in [6.07, 6.45) is 0.569. The van der Waals surface area contributed by atoms with Crippen LogP contribution in [-0.4, -0.2) is 25.1 Å². The van der Waals surface area contributed by atoms with Crippen LogP contribution in [0.5, 0.6) is 0 Å². The molecule has 0 aliphatic rings. The number of halogens is 1. The molecule has 8 heteroatoms. The first kappa shape index (κ1) is 17.4. The van der Waals surface area contributed by atoms with E-state index in [9.17, 15) is 9.59 Å². The van der Waals surface area contributed by atoms with Crippen molar-refractivity contribution in [1.82, 2.24) is 19.2 Å². The predicted molar refractivity (Wildman–Crippen MR) is 107 cm³/mol. The SMILES string of the molecule is CCc1nnc2c3ccccc3n(CC(=O)Nc3ccc(Br)cc3)c(=O)n12. The van der Waals surface area contributed by atoms with Crippen LogP contribution in [0.4, 0.5) is 5.69 Å². The van der Waals surface area contributed by atoms with Crippen LogP contribution >= 0.6 is 15.9 Å². The maximum Gasteiger partial charge on any atom is 0.336 e. The number of anilines is 1. The summed E-state index contributed by atoms with van der Waals surface area (Å²) in [7, 11) is 0. The summed E-state index contributed by atoms with van der Waals surface area (Å²) in [5.74, 6) is 0.290.